The molecule has 2 aliphatic rings. The van der Waals surface area contributed by atoms with E-state index in [4.69, 9.17) is 14.6 Å². The summed E-state index contributed by atoms with van der Waals surface area (Å²) in [5, 5.41) is 14.2. The quantitative estimate of drug-likeness (QED) is 0.0817. The maximum absolute atomic E-state index is 12.9. The number of hydrogen-bond acceptors (Lipinski definition) is 7. The summed E-state index contributed by atoms with van der Waals surface area (Å²) in [7, 11) is 0. The second-order valence-electron chi connectivity index (χ2n) is 13.2. The fourth-order valence-electron chi connectivity index (χ4n) is 6.25. The summed E-state index contributed by atoms with van der Waals surface area (Å²) in [6.07, 6.45) is 20.8. The average Bonchev–Trinajstić information content (AvgIpc) is 3.04. The summed E-state index contributed by atoms with van der Waals surface area (Å²) < 4.78 is 11.1. The molecule has 0 heterocycles. The summed E-state index contributed by atoms with van der Waals surface area (Å²) >= 11 is 0. The highest BCUT2D eigenvalue weighted by Crippen LogP contribution is 2.25. The van der Waals surface area contributed by atoms with Gasteiger partial charge in [-0.2, -0.15) is 0 Å². The van der Waals surface area contributed by atoms with Crippen molar-refractivity contribution in [1.29, 1.82) is 0 Å². The van der Waals surface area contributed by atoms with Crippen LogP contribution < -0.4 is 10.6 Å². The number of carboxylic acids is 1. The molecule has 2 fully saturated rings. The van der Waals surface area contributed by atoms with Gasteiger partial charge in [-0.1, -0.05) is 83.5 Å². The topological polar surface area (TPSA) is 148 Å². The molecule has 1 atom stereocenters. The number of rotatable bonds is 24. The van der Waals surface area contributed by atoms with Gasteiger partial charge in [0.2, 0.25) is 11.8 Å². The minimum atomic E-state index is -0.948. The molecular formula is C35H60N2O8. The van der Waals surface area contributed by atoms with Crippen LogP contribution in [0.25, 0.3) is 0 Å². The van der Waals surface area contributed by atoms with E-state index in [1.165, 1.54) is 25.7 Å². The second kappa shape index (κ2) is 24.6. The van der Waals surface area contributed by atoms with Gasteiger partial charge in [0.25, 0.3) is 0 Å². The van der Waals surface area contributed by atoms with Crippen molar-refractivity contribution in [3.63, 3.8) is 0 Å². The molecule has 0 aromatic rings. The Morgan fingerprint density at radius 1 is 0.600 bits per heavy atom. The first-order valence-electron chi connectivity index (χ1n) is 17.9. The number of hydrogen-bond donors (Lipinski definition) is 3. The van der Waals surface area contributed by atoms with Crippen molar-refractivity contribution < 1.29 is 38.6 Å². The van der Waals surface area contributed by atoms with Crippen molar-refractivity contribution in [2.75, 3.05) is 19.8 Å². The van der Waals surface area contributed by atoms with Crippen LogP contribution in [0.15, 0.2) is 0 Å². The Hall–Kier alpha value is -2.65. The fraction of sp³-hybridized carbons (Fsp3) is 0.857. The lowest BCUT2D eigenvalue weighted by atomic mass is 9.90. The van der Waals surface area contributed by atoms with E-state index in [0.717, 1.165) is 96.3 Å². The van der Waals surface area contributed by atoms with Gasteiger partial charge in [0.15, 0.2) is 0 Å². The Kier molecular flexibility index (Phi) is 21.0. The van der Waals surface area contributed by atoms with E-state index < -0.39 is 23.9 Å². The highest BCUT2D eigenvalue weighted by Gasteiger charge is 2.26. The largest absolute Gasteiger partial charge is 0.481 e. The number of esters is 2. The Bertz CT molecular complexity index is 868. The van der Waals surface area contributed by atoms with Gasteiger partial charge in [-0.25, -0.2) is 4.79 Å². The molecule has 0 bridgehead atoms. The predicted molar refractivity (Wildman–Crippen MR) is 172 cm³/mol. The molecule has 0 radical (unpaired) electrons. The molecule has 45 heavy (non-hydrogen) atoms. The predicted octanol–water partition coefficient (Wildman–Crippen LogP) is 6.38. The zero-order valence-corrected chi connectivity index (χ0v) is 27.6. The van der Waals surface area contributed by atoms with Gasteiger partial charge in [0.1, 0.15) is 6.04 Å². The summed E-state index contributed by atoms with van der Waals surface area (Å²) in [6, 6.07) is -0.948. The monoisotopic (exact) mass is 636 g/mol. The summed E-state index contributed by atoms with van der Waals surface area (Å²) in [5.41, 5.74) is 0. The first-order chi connectivity index (χ1) is 21.8. The third kappa shape index (κ3) is 20.2. The van der Waals surface area contributed by atoms with Crippen LogP contribution >= 0.6 is 0 Å². The number of carboxylic acid groups (broad SMARTS) is 1. The van der Waals surface area contributed by atoms with Crippen molar-refractivity contribution in [2.24, 2.45) is 11.8 Å². The van der Waals surface area contributed by atoms with Crippen molar-refractivity contribution in [1.82, 2.24) is 10.6 Å². The van der Waals surface area contributed by atoms with Crippen molar-refractivity contribution in [3.05, 3.63) is 0 Å². The second-order valence-corrected chi connectivity index (χ2v) is 13.2. The van der Waals surface area contributed by atoms with Crippen LogP contribution in [0, 0.1) is 11.8 Å². The van der Waals surface area contributed by atoms with E-state index in [2.05, 4.69) is 10.6 Å². The smallest absolute Gasteiger partial charge is 0.328 e. The van der Waals surface area contributed by atoms with Gasteiger partial charge in [-0.3, -0.25) is 19.2 Å². The average molecular weight is 637 g/mol. The van der Waals surface area contributed by atoms with Crippen LogP contribution in [0.1, 0.15) is 154 Å². The van der Waals surface area contributed by atoms with Crippen LogP contribution in [0.2, 0.25) is 0 Å². The number of amides is 2. The standard InChI is InChI=1S/C35H60N2O8/c38-31(36-25-15-7-5-3-1-2-4-6-14-20-33(40)41)22-23-32(39)37-30(35(43)45-27-29-18-12-9-13-19-29)21-24-34(42)44-26-28-16-10-8-11-17-28/h28-30H,1-27H2,(H,36,38)(H,37,39)(H,40,41). The van der Waals surface area contributed by atoms with Crippen LogP contribution in [0.3, 0.4) is 0 Å². The van der Waals surface area contributed by atoms with Crippen molar-refractivity contribution in [2.45, 2.75) is 160 Å². The molecule has 0 aromatic carbocycles. The zero-order chi connectivity index (χ0) is 32.5. The number of nitrogens with one attached hydrogen (secondary N) is 2. The maximum atomic E-state index is 12.9. The van der Waals surface area contributed by atoms with Gasteiger partial charge < -0.3 is 25.2 Å². The molecule has 3 N–H and O–H groups in total. The van der Waals surface area contributed by atoms with Gasteiger partial charge in [0, 0.05) is 32.2 Å². The molecule has 10 nitrogen and oxygen atoms in total. The van der Waals surface area contributed by atoms with Crippen molar-refractivity contribution >= 4 is 29.7 Å². The normalized spacial score (nSPS) is 16.4. The molecule has 0 spiro atoms. The number of carbonyl (C=O) groups is 5. The molecule has 0 saturated heterocycles. The molecule has 258 valence electrons. The van der Waals surface area contributed by atoms with Crippen LogP contribution in [0.5, 0.6) is 0 Å². The van der Waals surface area contributed by atoms with Crippen molar-refractivity contribution in [3.8, 4) is 0 Å². The third-order valence-electron chi connectivity index (χ3n) is 9.12. The summed E-state index contributed by atoms with van der Waals surface area (Å²) in [5.74, 6) is -1.49. The third-order valence-corrected chi connectivity index (χ3v) is 9.12. The van der Waals surface area contributed by atoms with Gasteiger partial charge in [-0.15, -0.1) is 0 Å². The highest BCUT2D eigenvalue weighted by molar-refractivity contribution is 5.87. The lowest BCUT2D eigenvalue weighted by Gasteiger charge is -2.23. The Morgan fingerprint density at radius 2 is 1.11 bits per heavy atom. The van der Waals surface area contributed by atoms with Crippen LogP contribution in [0.4, 0.5) is 0 Å². The molecule has 2 aliphatic carbocycles. The summed E-state index contributed by atoms with van der Waals surface area (Å²) in [6.45, 7) is 1.30. The first-order valence-corrected chi connectivity index (χ1v) is 17.9. The van der Waals surface area contributed by atoms with E-state index in [1.54, 1.807) is 0 Å². The van der Waals surface area contributed by atoms with Crippen LogP contribution in [-0.4, -0.2) is 60.6 Å². The van der Waals surface area contributed by atoms with E-state index in [0.29, 0.717) is 31.6 Å². The van der Waals surface area contributed by atoms with E-state index in [-0.39, 0.29) is 44.0 Å². The SMILES string of the molecule is O=C(O)CCCCCCCCCCCNC(=O)CCC(=O)NC(CCC(=O)OCC1CCCCC1)C(=O)OCC1CCCCC1. The molecule has 2 amide bonds. The molecule has 1 unspecified atom stereocenters. The Labute approximate surface area is 270 Å². The summed E-state index contributed by atoms with van der Waals surface area (Å²) in [4.78, 5) is 60.9. The first kappa shape index (κ1) is 38.5. The van der Waals surface area contributed by atoms with E-state index >= 15 is 0 Å². The highest BCUT2D eigenvalue weighted by atomic mass is 16.5. The van der Waals surface area contributed by atoms with Gasteiger partial charge >= 0.3 is 17.9 Å². The molecule has 0 aromatic heterocycles. The molecule has 2 saturated carbocycles. The molecule has 0 aliphatic heterocycles. The maximum Gasteiger partial charge on any atom is 0.328 e. The Balaban J connectivity index is 1.62. The minimum Gasteiger partial charge on any atom is -0.481 e. The van der Waals surface area contributed by atoms with Crippen LogP contribution in [-0.2, 0) is 33.4 Å². The zero-order valence-electron chi connectivity index (χ0n) is 27.6. The van der Waals surface area contributed by atoms with Gasteiger partial charge in [-0.05, 0) is 56.8 Å². The Morgan fingerprint density at radius 3 is 1.69 bits per heavy atom. The number of unbranched alkanes of at least 4 members (excludes halogenated alkanes) is 8. The lowest BCUT2D eigenvalue weighted by molar-refractivity contribution is -0.151. The molecule has 2 rings (SSSR count). The minimum absolute atomic E-state index is 0.0173. The van der Waals surface area contributed by atoms with E-state index in [9.17, 15) is 24.0 Å². The molecule has 10 heteroatoms. The fourth-order valence-corrected chi connectivity index (χ4v) is 6.25. The number of carbonyl (C=O) groups excluding carboxylic acids is 4. The van der Waals surface area contributed by atoms with E-state index in [1.807, 2.05) is 0 Å². The lowest BCUT2D eigenvalue weighted by Crippen LogP contribution is -2.43. The van der Waals surface area contributed by atoms with Gasteiger partial charge in [0.05, 0.1) is 13.2 Å². The number of ether oxygens (including phenoxy) is 2. The molecular weight excluding hydrogens is 576 g/mol. The number of aliphatic carboxylic acids is 1.